The van der Waals surface area contributed by atoms with Crippen LogP contribution in [0.1, 0.15) is 27.6 Å². The lowest BCUT2D eigenvalue weighted by Crippen LogP contribution is -2.25. The van der Waals surface area contributed by atoms with Gasteiger partial charge in [0, 0.05) is 19.7 Å². The number of benzene rings is 2. The lowest BCUT2D eigenvalue weighted by Gasteiger charge is -2.14. The number of ketones is 1. The lowest BCUT2D eigenvalue weighted by atomic mass is 10.1. The molecule has 0 saturated heterocycles. The van der Waals surface area contributed by atoms with E-state index in [1.807, 2.05) is 0 Å². The van der Waals surface area contributed by atoms with Crippen LogP contribution in [0.2, 0.25) is 0 Å². The van der Waals surface area contributed by atoms with Gasteiger partial charge in [-0.2, -0.15) is 0 Å². The number of nitrogens with zero attached hydrogens (tertiary/aromatic N) is 1. The Balaban J connectivity index is 2.12. The molecule has 0 aliphatic rings. The molecule has 0 amide bonds. The normalized spacial score (nSPS) is 12.7. The van der Waals surface area contributed by atoms with Crippen LogP contribution in [0, 0.1) is 11.6 Å². The monoisotopic (exact) mass is 397 g/mol. The van der Waals surface area contributed by atoms with Crippen molar-refractivity contribution in [2.75, 3.05) is 14.1 Å². The number of carbonyl (C=O) groups excluding carboxylic acids is 2. The minimum absolute atomic E-state index is 0.00466. The third kappa shape index (κ3) is 4.55. The summed E-state index contributed by atoms with van der Waals surface area (Å²) in [4.78, 5) is 24.3. The van der Waals surface area contributed by atoms with Gasteiger partial charge in [0.05, 0.1) is 10.5 Å². The van der Waals surface area contributed by atoms with Crippen LogP contribution >= 0.6 is 0 Å². The lowest BCUT2D eigenvalue weighted by molar-refractivity contribution is 0.0318. The first kappa shape index (κ1) is 20.7. The summed E-state index contributed by atoms with van der Waals surface area (Å²) in [6.07, 6.45) is -1.24. The molecule has 0 N–H and O–H groups in total. The summed E-state index contributed by atoms with van der Waals surface area (Å²) in [7, 11) is -0.882. The fourth-order valence-electron chi connectivity index (χ4n) is 2.14. The number of Topliss-reactive ketones (excluding diaryl/α,β-unsaturated/α-hetero) is 1. The molecule has 2 aromatic rings. The van der Waals surface area contributed by atoms with Gasteiger partial charge < -0.3 is 4.74 Å². The Bertz CT molecular complexity index is 972. The minimum atomic E-state index is -3.64. The average molecular weight is 397 g/mol. The van der Waals surface area contributed by atoms with E-state index in [9.17, 15) is 26.8 Å². The highest BCUT2D eigenvalue weighted by atomic mass is 32.2. The van der Waals surface area contributed by atoms with E-state index < -0.39 is 39.5 Å². The predicted molar refractivity (Wildman–Crippen MR) is 92.9 cm³/mol. The second-order valence-corrected chi connectivity index (χ2v) is 8.00. The number of sulfonamides is 1. The highest BCUT2D eigenvalue weighted by Crippen LogP contribution is 2.16. The van der Waals surface area contributed by atoms with E-state index in [1.165, 1.54) is 45.3 Å². The van der Waals surface area contributed by atoms with E-state index in [1.54, 1.807) is 0 Å². The Morgan fingerprint density at radius 2 is 1.52 bits per heavy atom. The highest BCUT2D eigenvalue weighted by Gasteiger charge is 2.22. The van der Waals surface area contributed by atoms with Crippen LogP contribution in [0.3, 0.4) is 0 Å². The molecule has 0 radical (unpaired) electrons. The summed E-state index contributed by atoms with van der Waals surface area (Å²) in [5.41, 5.74) is -0.0979. The first-order chi connectivity index (χ1) is 12.5. The molecule has 0 saturated carbocycles. The standard InChI is InChI=1S/C18H17F2NO5S/c1-11(17(22)13-6-9-15(19)16(20)10-13)26-18(23)12-4-7-14(8-5-12)27(24,25)21(2)3/h4-11H,1-3H3. The Kier molecular flexibility index (Phi) is 6.07. The van der Waals surface area contributed by atoms with E-state index in [-0.39, 0.29) is 16.0 Å². The van der Waals surface area contributed by atoms with Gasteiger partial charge in [-0.1, -0.05) is 0 Å². The zero-order valence-electron chi connectivity index (χ0n) is 14.8. The molecule has 0 heterocycles. The number of ether oxygens (including phenoxy) is 1. The number of hydrogen-bond acceptors (Lipinski definition) is 5. The second-order valence-electron chi connectivity index (χ2n) is 5.85. The molecular weight excluding hydrogens is 380 g/mol. The van der Waals surface area contributed by atoms with Gasteiger partial charge in [0.25, 0.3) is 0 Å². The maximum Gasteiger partial charge on any atom is 0.338 e. The molecule has 1 unspecified atom stereocenters. The van der Waals surface area contributed by atoms with Crippen molar-refractivity contribution in [1.82, 2.24) is 4.31 Å². The summed E-state index contributed by atoms with van der Waals surface area (Å²) < 4.78 is 56.2. The number of halogens is 2. The van der Waals surface area contributed by atoms with Crippen molar-refractivity contribution >= 4 is 21.8 Å². The molecule has 1 atom stereocenters. The van der Waals surface area contributed by atoms with E-state index in [0.717, 1.165) is 22.5 Å². The maximum absolute atomic E-state index is 13.2. The summed E-state index contributed by atoms with van der Waals surface area (Å²) in [5, 5.41) is 0. The molecule has 2 rings (SSSR count). The SMILES string of the molecule is CC(OC(=O)c1ccc(S(=O)(=O)N(C)C)cc1)C(=O)c1ccc(F)c(F)c1. The summed E-state index contributed by atoms with van der Waals surface area (Å²) >= 11 is 0. The fourth-order valence-corrected chi connectivity index (χ4v) is 3.04. The van der Waals surface area contributed by atoms with Crippen LogP contribution in [-0.2, 0) is 14.8 Å². The first-order valence-corrected chi connectivity index (χ1v) is 9.21. The summed E-state index contributed by atoms with van der Waals surface area (Å²) in [5.74, 6) is -3.83. The maximum atomic E-state index is 13.2. The molecule has 144 valence electrons. The molecular formula is C18H17F2NO5S. The molecule has 0 aromatic heterocycles. The Hall–Kier alpha value is -2.65. The van der Waals surface area contributed by atoms with Crippen LogP contribution < -0.4 is 0 Å². The van der Waals surface area contributed by atoms with Gasteiger partial charge in [-0.15, -0.1) is 0 Å². The van der Waals surface area contributed by atoms with Crippen LogP contribution in [-0.4, -0.2) is 44.7 Å². The van der Waals surface area contributed by atoms with Gasteiger partial charge in [0.2, 0.25) is 15.8 Å². The van der Waals surface area contributed by atoms with Gasteiger partial charge in [0.1, 0.15) is 0 Å². The second kappa shape index (κ2) is 7.93. The molecule has 0 spiro atoms. The van der Waals surface area contributed by atoms with Gasteiger partial charge >= 0.3 is 5.97 Å². The van der Waals surface area contributed by atoms with E-state index in [0.29, 0.717) is 0 Å². The van der Waals surface area contributed by atoms with Crippen LogP contribution in [0.4, 0.5) is 8.78 Å². The molecule has 0 aliphatic heterocycles. The average Bonchev–Trinajstić information content (AvgIpc) is 2.63. The van der Waals surface area contributed by atoms with Crippen molar-refractivity contribution in [3.05, 3.63) is 65.2 Å². The van der Waals surface area contributed by atoms with Crippen molar-refractivity contribution in [2.45, 2.75) is 17.9 Å². The van der Waals surface area contributed by atoms with Crippen molar-refractivity contribution in [3.63, 3.8) is 0 Å². The topological polar surface area (TPSA) is 80.8 Å². The van der Waals surface area contributed by atoms with Gasteiger partial charge in [-0.3, -0.25) is 4.79 Å². The zero-order chi connectivity index (χ0) is 20.4. The molecule has 27 heavy (non-hydrogen) atoms. The fraction of sp³-hybridized carbons (Fsp3) is 0.222. The molecule has 0 bridgehead atoms. The molecule has 6 nitrogen and oxygen atoms in total. The highest BCUT2D eigenvalue weighted by molar-refractivity contribution is 7.89. The van der Waals surface area contributed by atoms with Gasteiger partial charge in [-0.25, -0.2) is 26.3 Å². The summed E-state index contributed by atoms with van der Waals surface area (Å²) in [6, 6.07) is 7.62. The molecule has 9 heteroatoms. The quantitative estimate of drug-likeness (QED) is 0.553. The largest absolute Gasteiger partial charge is 0.451 e. The third-order valence-corrected chi connectivity index (χ3v) is 5.56. The Labute approximate surface area is 155 Å². The minimum Gasteiger partial charge on any atom is -0.451 e. The predicted octanol–water partition coefficient (Wildman–Crippen LogP) is 2.64. The van der Waals surface area contributed by atoms with E-state index in [2.05, 4.69) is 0 Å². The van der Waals surface area contributed by atoms with Crippen molar-refractivity contribution in [1.29, 1.82) is 0 Å². The number of esters is 1. The Morgan fingerprint density at radius 3 is 2.04 bits per heavy atom. The molecule has 0 aliphatic carbocycles. The van der Waals surface area contributed by atoms with Gasteiger partial charge in [0.15, 0.2) is 17.7 Å². The first-order valence-electron chi connectivity index (χ1n) is 7.77. The third-order valence-electron chi connectivity index (χ3n) is 3.73. The van der Waals surface area contributed by atoms with Gasteiger partial charge in [-0.05, 0) is 49.4 Å². The molecule has 0 fully saturated rings. The van der Waals surface area contributed by atoms with Crippen LogP contribution in [0.15, 0.2) is 47.4 Å². The number of rotatable bonds is 6. The van der Waals surface area contributed by atoms with Crippen LogP contribution in [0.5, 0.6) is 0 Å². The number of carbonyl (C=O) groups is 2. The van der Waals surface area contributed by atoms with E-state index in [4.69, 9.17) is 4.74 Å². The molecule has 2 aromatic carbocycles. The van der Waals surface area contributed by atoms with Crippen molar-refractivity contribution in [3.8, 4) is 0 Å². The summed E-state index contributed by atoms with van der Waals surface area (Å²) in [6.45, 7) is 1.30. The van der Waals surface area contributed by atoms with E-state index >= 15 is 0 Å². The Morgan fingerprint density at radius 1 is 0.963 bits per heavy atom. The zero-order valence-corrected chi connectivity index (χ0v) is 15.6. The van der Waals surface area contributed by atoms with Crippen molar-refractivity contribution in [2.24, 2.45) is 0 Å². The number of hydrogen-bond donors (Lipinski definition) is 0. The smallest absolute Gasteiger partial charge is 0.338 e. The van der Waals surface area contributed by atoms with Crippen molar-refractivity contribution < 1.29 is 31.5 Å². The van der Waals surface area contributed by atoms with Crippen LogP contribution in [0.25, 0.3) is 0 Å².